The molecule has 1 saturated heterocycles. The van der Waals surface area contributed by atoms with Crippen LogP contribution in [0.1, 0.15) is 32.6 Å². The van der Waals surface area contributed by atoms with E-state index >= 15 is 0 Å². The van der Waals surface area contributed by atoms with Crippen LogP contribution in [0.15, 0.2) is 0 Å². The van der Waals surface area contributed by atoms with Crippen molar-refractivity contribution in [2.45, 2.75) is 57.2 Å². The zero-order valence-electron chi connectivity index (χ0n) is 9.71. The highest BCUT2D eigenvalue weighted by Gasteiger charge is 2.36. The number of hydrogen-bond donors (Lipinski definition) is 3. The molecule has 0 bridgehead atoms. The molecule has 1 rings (SSSR count). The largest absolute Gasteiger partial charge is 0.394 e. The number of aliphatic hydroxyl groups is 3. The maximum Gasteiger partial charge on any atom is 0.160 e. The fourth-order valence-corrected chi connectivity index (χ4v) is 1.74. The van der Waals surface area contributed by atoms with Crippen LogP contribution >= 0.6 is 0 Å². The quantitative estimate of drug-likeness (QED) is 0.565. The Labute approximate surface area is 96.0 Å². The molecule has 1 aliphatic heterocycles. The lowest BCUT2D eigenvalue weighted by molar-refractivity contribution is -0.256. The second-order valence-electron chi connectivity index (χ2n) is 4.16. The van der Waals surface area contributed by atoms with E-state index in [0.29, 0.717) is 6.61 Å². The lowest BCUT2D eigenvalue weighted by Gasteiger charge is -2.36. The predicted octanol–water partition coefficient (Wildman–Crippen LogP) is 0.0223. The van der Waals surface area contributed by atoms with Gasteiger partial charge in [0.1, 0.15) is 12.2 Å². The van der Waals surface area contributed by atoms with Crippen molar-refractivity contribution in [2.75, 3.05) is 13.2 Å². The van der Waals surface area contributed by atoms with E-state index in [2.05, 4.69) is 6.92 Å². The second-order valence-corrected chi connectivity index (χ2v) is 4.16. The van der Waals surface area contributed by atoms with Crippen LogP contribution in [0.4, 0.5) is 0 Å². The Morgan fingerprint density at radius 2 is 2.06 bits per heavy atom. The molecule has 0 spiro atoms. The summed E-state index contributed by atoms with van der Waals surface area (Å²) in [5, 5.41) is 28.0. The average Bonchev–Trinajstić information content (AvgIpc) is 2.29. The number of unbranched alkanes of at least 4 members (excludes halogenated alkanes) is 2. The molecule has 0 amide bonds. The molecule has 1 fully saturated rings. The van der Waals surface area contributed by atoms with Crippen molar-refractivity contribution in [1.29, 1.82) is 0 Å². The van der Waals surface area contributed by atoms with Gasteiger partial charge in [-0.05, 0) is 6.42 Å². The molecular weight excluding hydrogens is 212 g/mol. The van der Waals surface area contributed by atoms with Gasteiger partial charge in [-0.15, -0.1) is 0 Å². The molecule has 5 heteroatoms. The third kappa shape index (κ3) is 3.99. The minimum atomic E-state index is -1.03. The monoisotopic (exact) mass is 234 g/mol. The lowest BCUT2D eigenvalue weighted by Crippen LogP contribution is -2.50. The van der Waals surface area contributed by atoms with E-state index in [1.165, 1.54) is 0 Å². The Balaban J connectivity index is 2.27. The fourth-order valence-electron chi connectivity index (χ4n) is 1.74. The van der Waals surface area contributed by atoms with Crippen LogP contribution in [0, 0.1) is 0 Å². The Morgan fingerprint density at radius 3 is 2.69 bits per heavy atom. The molecule has 1 heterocycles. The van der Waals surface area contributed by atoms with Gasteiger partial charge >= 0.3 is 0 Å². The summed E-state index contributed by atoms with van der Waals surface area (Å²) in [6, 6.07) is 0. The van der Waals surface area contributed by atoms with Crippen molar-refractivity contribution < 1.29 is 24.8 Å². The Morgan fingerprint density at radius 1 is 1.31 bits per heavy atom. The minimum Gasteiger partial charge on any atom is -0.394 e. The highest BCUT2D eigenvalue weighted by molar-refractivity contribution is 4.82. The van der Waals surface area contributed by atoms with Crippen LogP contribution in [0.25, 0.3) is 0 Å². The molecule has 0 aromatic rings. The summed E-state index contributed by atoms with van der Waals surface area (Å²) in [7, 11) is 0. The number of aliphatic hydroxyl groups excluding tert-OH is 3. The highest BCUT2D eigenvalue weighted by Crippen LogP contribution is 2.21. The van der Waals surface area contributed by atoms with Crippen LogP contribution in [-0.4, -0.2) is 53.1 Å². The van der Waals surface area contributed by atoms with Gasteiger partial charge in [0.2, 0.25) is 0 Å². The van der Waals surface area contributed by atoms with Crippen molar-refractivity contribution in [3.8, 4) is 0 Å². The zero-order chi connectivity index (χ0) is 12.0. The van der Waals surface area contributed by atoms with Gasteiger partial charge in [0.05, 0.1) is 12.7 Å². The third-order valence-electron chi connectivity index (χ3n) is 2.77. The molecular formula is C11H22O5. The number of hydrogen-bond acceptors (Lipinski definition) is 5. The van der Waals surface area contributed by atoms with E-state index in [1.54, 1.807) is 0 Å². The smallest absolute Gasteiger partial charge is 0.160 e. The van der Waals surface area contributed by atoms with Crippen molar-refractivity contribution in [1.82, 2.24) is 0 Å². The van der Waals surface area contributed by atoms with Crippen molar-refractivity contribution in [3.63, 3.8) is 0 Å². The van der Waals surface area contributed by atoms with Gasteiger partial charge in [0, 0.05) is 13.0 Å². The summed E-state index contributed by atoms with van der Waals surface area (Å²) in [5.41, 5.74) is 0. The zero-order valence-corrected chi connectivity index (χ0v) is 9.71. The van der Waals surface area contributed by atoms with Gasteiger partial charge in [-0.2, -0.15) is 0 Å². The van der Waals surface area contributed by atoms with Gasteiger partial charge in [-0.25, -0.2) is 0 Å². The standard InChI is InChI=1S/C11H22O5/c1-2-3-4-5-15-10-6-8(13)11(14)9(7-12)16-10/h8-14H,2-7H2,1H3. The molecule has 1 aliphatic rings. The van der Waals surface area contributed by atoms with E-state index in [1.807, 2.05) is 0 Å². The molecule has 4 atom stereocenters. The molecule has 5 nitrogen and oxygen atoms in total. The van der Waals surface area contributed by atoms with Gasteiger partial charge in [0.25, 0.3) is 0 Å². The topological polar surface area (TPSA) is 79.2 Å². The maximum atomic E-state index is 9.53. The molecule has 0 radical (unpaired) electrons. The van der Waals surface area contributed by atoms with Crippen molar-refractivity contribution in [3.05, 3.63) is 0 Å². The lowest BCUT2D eigenvalue weighted by atomic mass is 10.0. The molecule has 4 unspecified atom stereocenters. The van der Waals surface area contributed by atoms with Crippen LogP contribution in [0.3, 0.4) is 0 Å². The van der Waals surface area contributed by atoms with Crippen LogP contribution in [-0.2, 0) is 9.47 Å². The maximum absolute atomic E-state index is 9.53. The summed E-state index contributed by atoms with van der Waals surface area (Å²) in [5.74, 6) is 0. The van der Waals surface area contributed by atoms with Gasteiger partial charge in [0.15, 0.2) is 6.29 Å². The summed E-state index contributed by atoms with van der Waals surface area (Å²) >= 11 is 0. The first-order valence-corrected chi connectivity index (χ1v) is 5.93. The van der Waals surface area contributed by atoms with E-state index in [9.17, 15) is 10.2 Å². The Hall–Kier alpha value is -0.200. The number of rotatable bonds is 6. The van der Waals surface area contributed by atoms with Crippen LogP contribution in [0.5, 0.6) is 0 Å². The molecule has 0 saturated carbocycles. The minimum absolute atomic E-state index is 0.254. The predicted molar refractivity (Wildman–Crippen MR) is 57.9 cm³/mol. The van der Waals surface area contributed by atoms with Crippen molar-refractivity contribution in [2.24, 2.45) is 0 Å². The van der Waals surface area contributed by atoms with E-state index < -0.39 is 24.6 Å². The fraction of sp³-hybridized carbons (Fsp3) is 1.00. The normalized spacial score (nSPS) is 35.2. The SMILES string of the molecule is CCCCCOC1CC(O)C(O)C(CO)O1. The van der Waals surface area contributed by atoms with E-state index in [0.717, 1.165) is 19.3 Å². The van der Waals surface area contributed by atoms with Crippen LogP contribution < -0.4 is 0 Å². The molecule has 3 N–H and O–H groups in total. The Bertz CT molecular complexity index is 187. The molecule has 0 aromatic heterocycles. The number of ether oxygens (including phenoxy) is 2. The summed E-state index contributed by atoms with van der Waals surface area (Å²) in [6.07, 6.45) is 0.245. The molecule has 16 heavy (non-hydrogen) atoms. The van der Waals surface area contributed by atoms with Gasteiger partial charge in [-0.1, -0.05) is 19.8 Å². The summed E-state index contributed by atoms with van der Waals surface area (Å²) < 4.78 is 10.7. The molecule has 96 valence electrons. The Kier molecular flexibility index (Phi) is 6.23. The first-order chi connectivity index (χ1) is 7.69. The van der Waals surface area contributed by atoms with Gasteiger partial charge in [-0.3, -0.25) is 0 Å². The van der Waals surface area contributed by atoms with Crippen LogP contribution in [0.2, 0.25) is 0 Å². The molecule has 0 aliphatic carbocycles. The second kappa shape index (κ2) is 7.19. The van der Waals surface area contributed by atoms with Gasteiger partial charge < -0.3 is 24.8 Å². The summed E-state index contributed by atoms with van der Waals surface area (Å²) in [4.78, 5) is 0. The first kappa shape index (κ1) is 13.9. The first-order valence-electron chi connectivity index (χ1n) is 5.93. The highest BCUT2D eigenvalue weighted by atomic mass is 16.7. The van der Waals surface area contributed by atoms with E-state index in [4.69, 9.17) is 14.6 Å². The average molecular weight is 234 g/mol. The molecule has 0 aromatic carbocycles. The summed E-state index contributed by atoms with van der Waals surface area (Å²) in [6.45, 7) is 2.38. The van der Waals surface area contributed by atoms with Crippen molar-refractivity contribution >= 4 is 0 Å². The van der Waals surface area contributed by atoms with E-state index in [-0.39, 0.29) is 13.0 Å². The third-order valence-corrected chi connectivity index (χ3v) is 2.77.